The van der Waals surface area contributed by atoms with Crippen LogP contribution in [-0.2, 0) is 14.6 Å². The molecule has 0 spiro atoms. The third-order valence-corrected chi connectivity index (χ3v) is 7.36. The number of piperidine rings is 1. The summed E-state index contributed by atoms with van der Waals surface area (Å²) in [4.78, 5) is 17.8. The van der Waals surface area contributed by atoms with Crippen LogP contribution in [0.5, 0.6) is 0 Å². The number of rotatable bonds is 5. The van der Waals surface area contributed by atoms with Crippen molar-refractivity contribution in [3.05, 3.63) is 59.1 Å². The number of halogens is 1. The summed E-state index contributed by atoms with van der Waals surface area (Å²) in [6.07, 6.45) is 1.07. The highest BCUT2D eigenvalue weighted by molar-refractivity contribution is 9.10. The average molecular weight is 490 g/mol. The smallest absolute Gasteiger partial charge is 0.236 e. The van der Waals surface area contributed by atoms with Gasteiger partial charge in [0.25, 0.3) is 0 Å². The molecule has 2 N–H and O–H groups in total. The fourth-order valence-corrected chi connectivity index (χ4v) is 5.06. The largest absolute Gasteiger partial charge is 0.419 e. The zero-order chi connectivity index (χ0) is 21.3. The van der Waals surface area contributed by atoms with Gasteiger partial charge in [-0.3, -0.25) is 4.79 Å². The summed E-state index contributed by atoms with van der Waals surface area (Å²) in [5.74, 6) is -0.123. The first-order valence-corrected chi connectivity index (χ1v) is 11.7. The molecule has 0 atom stereocenters. The SMILES string of the molecule is NC(=O)C1CCN(c2oc(-c3ccccc3)nc2S(=O)(=O)c2ccc(Br)cc2)CC1. The number of sulfone groups is 1. The van der Waals surface area contributed by atoms with Crippen molar-refractivity contribution in [3.8, 4) is 11.5 Å². The summed E-state index contributed by atoms with van der Waals surface area (Å²) in [5.41, 5.74) is 6.11. The van der Waals surface area contributed by atoms with Gasteiger partial charge >= 0.3 is 0 Å². The Labute approximate surface area is 182 Å². The molecular weight excluding hydrogens is 470 g/mol. The van der Waals surface area contributed by atoms with Gasteiger partial charge in [-0.05, 0) is 49.2 Å². The Kier molecular flexibility index (Phi) is 5.66. The fraction of sp³-hybridized carbons (Fsp3) is 0.238. The highest BCUT2D eigenvalue weighted by atomic mass is 79.9. The lowest BCUT2D eigenvalue weighted by atomic mass is 9.96. The quantitative estimate of drug-likeness (QED) is 0.586. The van der Waals surface area contributed by atoms with Gasteiger partial charge in [0.15, 0.2) is 0 Å². The van der Waals surface area contributed by atoms with Crippen molar-refractivity contribution in [1.29, 1.82) is 0 Å². The lowest BCUT2D eigenvalue weighted by molar-refractivity contribution is -0.122. The Morgan fingerprint density at radius 1 is 1.07 bits per heavy atom. The molecule has 0 saturated carbocycles. The number of hydrogen-bond acceptors (Lipinski definition) is 6. The van der Waals surface area contributed by atoms with Crippen molar-refractivity contribution >= 4 is 37.6 Å². The Bertz CT molecular complexity index is 1150. The van der Waals surface area contributed by atoms with Crippen LogP contribution < -0.4 is 10.6 Å². The number of carbonyl (C=O) groups excluding carboxylic acids is 1. The third kappa shape index (κ3) is 3.99. The summed E-state index contributed by atoms with van der Waals surface area (Å²) >= 11 is 3.32. The van der Waals surface area contributed by atoms with Crippen molar-refractivity contribution in [2.45, 2.75) is 22.8 Å². The molecule has 30 heavy (non-hydrogen) atoms. The van der Waals surface area contributed by atoms with Crippen molar-refractivity contribution in [1.82, 2.24) is 4.98 Å². The highest BCUT2D eigenvalue weighted by Gasteiger charge is 2.33. The van der Waals surface area contributed by atoms with Gasteiger partial charge in [0, 0.05) is 29.0 Å². The summed E-state index contributed by atoms with van der Waals surface area (Å²) < 4.78 is 33.5. The molecule has 1 fully saturated rings. The lowest BCUT2D eigenvalue weighted by Gasteiger charge is -2.30. The van der Waals surface area contributed by atoms with Crippen molar-refractivity contribution < 1.29 is 17.6 Å². The number of carbonyl (C=O) groups is 1. The van der Waals surface area contributed by atoms with Crippen LogP contribution in [0.2, 0.25) is 0 Å². The predicted molar refractivity (Wildman–Crippen MR) is 116 cm³/mol. The van der Waals surface area contributed by atoms with Gasteiger partial charge in [-0.25, -0.2) is 8.42 Å². The molecule has 156 valence electrons. The number of benzene rings is 2. The van der Waals surface area contributed by atoms with E-state index in [0.29, 0.717) is 31.5 Å². The maximum atomic E-state index is 13.4. The lowest BCUT2D eigenvalue weighted by Crippen LogP contribution is -2.38. The van der Waals surface area contributed by atoms with E-state index in [1.807, 2.05) is 35.2 Å². The first kappa shape index (κ1) is 20.6. The molecule has 0 radical (unpaired) electrons. The Balaban J connectivity index is 1.78. The topological polar surface area (TPSA) is 106 Å². The fourth-order valence-electron chi connectivity index (χ4n) is 3.47. The average Bonchev–Trinajstić information content (AvgIpc) is 3.21. The van der Waals surface area contributed by atoms with Crippen LogP contribution in [0.4, 0.5) is 5.88 Å². The van der Waals surface area contributed by atoms with E-state index >= 15 is 0 Å². The van der Waals surface area contributed by atoms with E-state index in [-0.39, 0.29) is 33.5 Å². The number of primary amides is 1. The van der Waals surface area contributed by atoms with Crippen molar-refractivity contribution in [2.75, 3.05) is 18.0 Å². The van der Waals surface area contributed by atoms with Crippen LogP contribution >= 0.6 is 15.9 Å². The highest BCUT2D eigenvalue weighted by Crippen LogP contribution is 2.36. The summed E-state index contributed by atoms with van der Waals surface area (Å²) in [5, 5.41) is -0.124. The number of anilines is 1. The van der Waals surface area contributed by atoms with Crippen LogP contribution in [0.25, 0.3) is 11.5 Å². The van der Waals surface area contributed by atoms with Gasteiger partial charge in [0.05, 0.1) is 4.90 Å². The molecule has 1 aliphatic heterocycles. The molecule has 2 heterocycles. The third-order valence-electron chi connectivity index (χ3n) is 5.16. The van der Waals surface area contributed by atoms with Gasteiger partial charge < -0.3 is 15.1 Å². The maximum Gasteiger partial charge on any atom is 0.236 e. The number of hydrogen-bond donors (Lipinski definition) is 1. The second-order valence-corrected chi connectivity index (χ2v) is 9.90. The molecular formula is C21H20BrN3O4S. The number of amides is 1. The molecule has 1 saturated heterocycles. The van der Waals surface area contributed by atoms with Crippen LogP contribution in [0, 0.1) is 5.92 Å². The standard InChI is InChI=1S/C21H20BrN3O4S/c22-16-6-8-17(9-7-16)30(27,28)20-21(25-12-10-14(11-13-25)18(23)26)29-19(24-20)15-4-2-1-3-5-15/h1-9,14H,10-13H2,(H2,23,26). The van der Waals surface area contributed by atoms with Gasteiger partial charge in [-0.1, -0.05) is 34.1 Å². The second kappa shape index (κ2) is 8.23. The summed E-state index contributed by atoms with van der Waals surface area (Å²) in [6, 6.07) is 15.5. The second-order valence-electron chi connectivity index (χ2n) is 7.12. The van der Waals surface area contributed by atoms with E-state index in [1.165, 1.54) is 12.1 Å². The molecule has 9 heteroatoms. The maximum absolute atomic E-state index is 13.4. The van der Waals surface area contributed by atoms with Gasteiger partial charge in [0.1, 0.15) is 0 Å². The van der Waals surface area contributed by atoms with E-state index < -0.39 is 9.84 Å². The number of aromatic nitrogens is 1. The number of nitrogens with zero attached hydrogens (tertiary/aromatic N) is 2. The van der Waals surface area contributed by atoms with E-state index in [2.05, 4.69) is 20.9 Å². The molecule has 0 aliphatic carbocycles. The van der Waals surface area contributed by atoms with E-state index in [9.17, 15) is 13.2 Å². The van der Waals surface area contributed by atoms with Gasteiger partial charge in [-0.2, -0.15) is 4.98 Å². The molecule has 1 aliphatic rings. The zero-order valence-electron chi connectivity index (χ0n) is 16.0. The van der Waals surface area contributed by atoms with E-state index in [1.54, 1.807) is 12.1 Å². The van der Waals surface area contributed by atoms with Crippen molar-refractivity contribution in [3.63, 3.8) is 0 Å². The van der Waals surface area contributed by atoms with Crippen molar-refractivity contribution in [2.24, 2.45) is 11.7 Å². The Morgan fingerprint density at radius 3 is 2.30 bits per heavy atom. The summed E-state index contributed by atoms with van der Waals surface area (Å²) in [6.45, 7) is 0.916. The molecule has 7 nitrogen and oxygen atoms in total. The van der Waals surface area contributed by atoms with Gasteiger partial charge in [0.2, 0.25) is 32.5 Å². The minimum atomic E-state index is -3.91. The summed E-state index contributed by atoms with van der Waals surface area (Å²) in [7, 11) is -3.91. The molecule has 1 aromatic heterocycles. The minimum absolute atomic E-state index is 0.124. The van der Waals surface area contributed by atoms with Crippen LogP contribution in [-0.4, -0.2) is 32.4 Å². The van der Waals surface area contributed by atoms with E-state index in [0.717, 1.165) is 4.47 Å². The first-order valence-electron chi connectivity index (χ1n) is 9.47. The zero-order valence-corrected chi connectivity index (χ0v) is 18.4. The van der Waals surface area contributed by atoms with Crippen LogP contribution in [0.1, 0.15) is 12.8 Å². The molecule has 0 bridgehead atoms. The molecule has 1 amide bonds. The predicted octanol–water partition coefficient (Wildman–Crippen LogP) is 3.64. The van der Waals surface area contributed by atoms with E-state index in [4.69, 9.17) is 10.2 Å². The minimum Gasteiger partial charge on any atom is -0.419 e. The number of oxazole rings is 1. The molecule has 0 unspecified atom stereocenters. The van der Waals surface area contributed by atoms with Crippen LogP contribution in [0.3, 0.4) is 0 Å². The monoisotopic (exact) mass is 489 g/mol. The van der Waals surface area contributed by atoms with Gasteiger partial charge in [-0.15, -0.1) is 0 Å². The molecule has 2 aromatic carbocycles. The normalized spacial score (nSPS) is 15.3. The van der Waals surface area contributed by atoms with Crippen LogP contribution in [0.15, 0.2) is 73.4 Å². The Hall–Kier alpha value is -2.65. The molecule has 3 aromatic rings. The number of nitrogens with two attached hydrogens (primary N) is 1. The Morgan fingerprint density at radius 2 is 1.70 bits per heavy atom. The molecule has 4 rings (SSSR count). The first-order chi connectivity index (χ1) is 14.4.